The third-order valence-electron chi connectivity index (χ3n) is 3.08. The molecule has 0 saturated heterocycles. The van der Waals surface area contributed by atoms with Crippen LogP contribution in [0.4, 0.5) is 0 Å². The fourth-order valence-electron chi connectivity index (χ4n) is 2.24. The van der Waals surface area contributed by atoms with Crippen molar-refractivity contribution in [1.29, 1.82) is 0 Å². The first-order valence-corrected chi connectivity index (χ1v) is 6.64. The molecule has 2 heterocycles. The highest BCUT2D eigenvalue weighted by Crippen LogP contribution is 2.30. The summed E-state index contributed by atoms with van der Waals surface area (Å²) in [4.78, 5) is 4.38. The normalized spacial score (nSPS) is 15.4. The minimum atomic E-state index is 0.173. The minimum absolute atomic E-state index is 0.173. The van der Waals surface area contributed by atoms with Gasteiger partial charge in [0, 0.05) is 11.8 Å². The summed E-state index contributed by atoms with van der Waals surface area (Å²) in [5.74, 6) is 1.03. The van der Waals surface area contributed by atoms with Crippen LogP contribution in [0, 0.1) is 0 Å². The van der Waals surface area contributed by atoms with Gasteiger partial charge in [-0.1, -0.05) is 12.1 Å². The van der Waals surface area contributed by atoms with Crippen molar-refractivity contribution in [2.45, 2.75) is 12.5 Å². The van der Waals surface area contributed by atoms with Gasteiger partial charge in [0.15, 0.2) is 0 Å². The zero-order valence-corrected chi connectivity index (χ0v) is 10.5. The molecule has 1 aromatic carbocycles. The van der Waals surface area contributed by atoms with Gasteiger partial charge >= 0.3 is 0 Å². The van der Waals surface area contributed by atoms with Crippen molar-refractivity contribution in [3.05, 3.63) is 45.9 Å². The maximum atomic E-state index is 5.52. The molecule has 0 aliphatic carbocycles. The third kappa shape index (κ3) is 1.94. The van der Waals surface area contributed by atoms with Gasteiger partial charge in [0.25, 0.3) is 0 Å². The summed E-state index contributed by atoms with van der Waals surface area (Å²) in [6.07, 6.45) is 1.01. The summed E-state index contributed by atoms with van der Waals surface area (Å²) >= 11 is 1.63. The number of fused-ring (bicyclic) bond motifs is 1. The van der Waals surface area contributed by atoms with Crippen molar-refractivity contribution in [2.24, 2.45) is 0 Å². The topological polar surface area (TPSA) is 34.1 Å². The van der Waals surface area contributed by atoms with E-state index in [0.717, 1.165) is 24.5 Å². The summed E-state index contributed by atoms with van der Waals surface area (Å²) in [5, 5.41) is 5.40. The molecule has 0 radical (unpaired) electrons. The van der Waals surface area contributed by atoms with Crippen LogP contribution in [0.3, 0.4) is 0 Å². The number of benzene rings is 1. The summed E-state index contributed by atoms with van der Waals surface area (Å²) in [6, 6.07) is 6.58. The van der Waals surface area contributed by atoms with Crippen LogP contribution in [0.15, 0.2) is 29.1 Å². The van der Waals surface area contributed by atoms with Gasteiger partial charge in [-0.2, -0.15) is 0 Å². The zero-order chi connectivity index (χ0) is 11.7. The van der Waals surface area contributed by atoms with Crippen molar-refractivity contribution >= 4 is 11.3 Å². The molecule has 1 aromatic heterocycles. The monoisotopic (exact) mass is 246 g/mol. The lowest BCUT2D eigenvalue weighted by Gasteiger charge is -2.15. The second-order valence-electron chi connectivity index (χ2n) is 4.10. The molecule has 4 heteroatoms. The Hall–Kier alpha value is -1.39. The maximum Gasteiger partial charge on any atom is 0.122 e. The fourth-order valence-corrected chi connectivity index (χ4v) is 2.82. The maximum absolute atomic E-state index is 5.52. The summed E-state index contributed by atoms with van der Waals surface area (Å²) in [7, 11) is 1.97. The molecule has 0 amide bonds. The van der Waals surface area contributed by atoms with E-state index in [9.17, 15) is 0 Å². The molecule has 1 unspecified atom stereocenters. The number of aromatic nitrogens is 1. The molecule has 17 heavy (non-hydrogen) atoms. The lowest BCUT2D eigenvalue weighted by Crippen LogP contribution is -2.18. The second-order valence-corrected chi connectivity index (χ2v) is 4.82. The third-order valence-corrected chi connectivity index (χ3v) is 3.69. The van der Waals surface area contributed by atoms with Crippen LogP contribution >= 0.6 is 11.3 Å². The molecule has 2 aromatic rings. The number of hydrogen-bond acceptors (Lipinski definition) is 4. The number of nitrogens with zero attached hydrogens (tertiary/aromatic N) is 1. The molecule has 1 aliphatic rings. The van der Waals surface area contributed by atoms with E-state index < -0.39 is 0 Å². The Kier molecular flexibility index (Phi) is 2.82. The molecule has 0 saturated carbocycles. The Morgan fingerprint density at radius 3 is 3.18 bits per heavy atom. The van der Waals surface area contributed by atoms with Gasteiger partial charge in [0.2, 0.25) is 0 Å². The van der Waals surface area contributed by atoms with Gasteiger partial charge in [-0.3, -0.25) is 0 Å². The molecular formula is C13H14N2OS. The number of hydrogen-bond donors (Lipinski definition) is 1. The molecule has 3 rings (SSSR count). The van der Waals surface area contributed by atoms with E-state index in [0.29, 0.717) is 0 Å². The van der Waals surface area contributed by atoms with Crippen LogP contribution in [-0.2, 0) is 6.42 Å². The zero-order valence-electron chi connectivity index (χ0n) is 9.64. The standard InChI is InChI=1S/C13H14N2OS/c1-14-13(11-7-17-8-15-11)10-2-3-12-9(6-10)4-5-16-12/h2-3,6-8,13-14H,4-5H2,1H3. The Balaban J connectivity index is 1.97. The van der Waals surface area contributed by atoms with Gasteiger partial charge < -0.3 is 10.1 Å². The van der Waals surface area contributed by atoms with Crippen molar-refractivity contribution in [1.82, 2.24) is 10.3 Å². The SMILES string of the molecule is CNC(c1ccc2c(c1)CCO2)c1cscn1. The molecule has 0 bridgehead atoms. The van der Waals surface area contributed by atoms with Crippen LogP contribution in [0.25, 0.3) is 0 Å². The quantitative estimate of drug-likeness (QED) is 0.903. The molecule has 0 fully saturated rings. The predicted molar refractivity (Wildman–Crippen MR) is 68.7 cm³/mol. The highest BCUT2D eigenvalue weighted by Gasteiger charge is 2.18. The van der Waals surface area contributed by atoms with Crippen LogP contribution in [-0.4, -0.2) is 18.6 Å². The van der Waals surface area contributed by atoms with Crippen LogP contribution in [0.2, 0.25) is 0 Å². The van der Waals surface area contributed by atoms with Gasteiger partial charge in [0.1, 0.15) is 5.75 Å². The number of thiazole rings is 1. The van der Waals surface area contributed by atoms with Crippen molar-refractivity contribution in [2.75, 3.05) is 13.7 Å². The van der Waals surface area contributed by atoms with E-state index in [1.165, 1.54) is 11.1 Å². The molecule has 1 aliphatic heterocycles. The minimum Gasteiger partial charge on any atom is -0.493 e. The smallest absolute Gasteiger partial charge is 0.122 e. The van der Waals surface area contributed by atoms with Crippen LogP contribution in [0.5, 0.6) is 5.75 Å². The highest BCUT2D eigenvalue weighted by molar-refractivity contribution is 7.07. The van der Waals surface area contributed by atoms with Crippen LogP contribution < -0.4 is 10.1 Å². The average Bonchev–Trinajstić information content (AvgIpc) is 2.99. The predicted octanol–water partition coefficient (Wildman–Crippen LogP) is 2.39. The van der Waals surface area contributed by atoms with E-state index in [1.54, 1.807) is 11.3 Å². The van der Waals surface area contributed by atoms with Crippen LogP contribution in [0.1, 0.15) is 22.9 Å². The van der Waals surface area contributed by atoms with Gasteiger partial charge in [0.05, 0.1) is 23.9 Å². The van der Waals surface area contributed by atoms with E-state index >= 15 is 0 Å². The fraction of sp³-hybridized carbons (Fsp3) is 0.308. The lowest BCUT2D eigenvalue weighted by atomic mass is 10.0. The van der Waals surface area contributed by atoms with E-state index in [1.807, 2.05) is 12.6 Å². The first-order chi connectivity index (χ1) is 8.38. The van der Waals surface area contributed by atoms with E-state index in [-0.39, 0.29) is 6.04 Å². The summed E-state index contributed by atoms with van der Waals surface area (Å²) < 4.78 is 5.52. The Morgan fingerprint density at radius 1 is 1.47 bits per heavy atom. The highest BCUT2D eigenvalue weighted by atomic mass is 32.1. The van der Waals surface area contributed by atoms with Gasteiger partial charge in [-0.25, -0.2) is 4.98 Å². The Bertz CT molecular complexity index is 510. The van der Waals surface area contributed by atoms with Gasteiger partial charge in [-0.05, 0) is 24.2 Å². The Morgan fingerprint density at radius 2 is 2.41 bits per heavy atom. The van der Waals surface area contributed by atoms with Crippen molar-refractivity contribution < 1.29 is 4.74 Å². The first-order valence-electron chi connectivity index (χ1n) is 5.69. The number of nitrogens with one attached hydrogen (secondary N) is 1. The first kappa shape index (κ1) is 10.7. The molecule has 3 nitrogen and oxygen atoms in total. The van der Waals surface area contributed by atoms with Crippen molar-refractivity contribution in [3.63, 3.8) is 0 Å². The van der Waals surface area contributed by atoms with Gasteiger partial charge in [-0.15, -0.1) is 11.3 Å². The Labute approximate surface area is 104 Å². The van der Waals surface area contributed by atoms with E-state index in [2.05, 4.69) is 33.9 Å². The van der Waals surface area contributed by atoms with E-state index in [4.69, 9.17) is 4.74 Å². The molecule has 88 valence electrons. The average molecular weight is 246 g/mol. The molecule has 1 atom stereocenters. The molecule has 0 spiro atoms. The summed E-state index contributed by atoms with van der Waals surface area (Å²) in [5.41, 5.74) is 5.51. The van der Waals surface area contributed by atoms with Crippen molar-refractivity contribution in [3.8, 4) is 5.75 Å². The summed E-state index contributed by atoms with van der Waals surface area (Å²) in [6.45, 7) is 0.805. The number of ether oxygens (including phenoxy) is 1. The lowest BCUT2D eigenvalue weighted by molar-refractivity contribution is 0.357. The number of rotatable bonds is 3. The second kappa shape index (κ2) is 4.47. The molecule has 1 N–H and O–H groups in total. The molecular weight excluding hydrogens is 232 g/mol. The largest absolute Gasteiger partial charge is 0.493 e.